The number of esters is 1. The standard InChI is InChI=1S/C20H23NO5/c1-13-9-10-17(24-3)15(11-13)12-19(22)26-14(2)20(23)21-16-7-5-6-8-18(16)25-4/h5-11,14H,12H2,1-4H3,(H,21,23)/t14-/m1/s1. The first kappa shape index (κ1) is 19.3. The molecule has 0 aliphatic rings. The van der Waals surface area contributed by atoms with Crippen LogP contribution in [0.5, 0.6) is 11.5 Å². The van der Waals surface area contributed by atoms with Crippen LogP contribution in [-0.4, -0.2) is 32.2 Å². The Morgan fingerprint density at radius 3 is 2.42 bits per heavy atom. The molecule has 1 atom stereocenters. The summed E-state index contributed by atoms with van der Waals surface area (Å²) in [7, 11) is 3.06. The van der Waals surface area contributed by atoms with E-state index in [0.717, 1.165) is 11.1 Å². The molecule has 0 heterocycles. The Morgan fingerprint density at radius 2 is 1.73 bits per heavy atom. The van der Waals surface area contributed by atoms with Gasteiger partial charge in [0.05, 0.1) is 26.3 Å². The predicted molar refractivity (Wildman–Crippen MR) is 98.6 cm³/mol. The van der Waals surface area contributed by atoms with Gasteiger partial charge < -0.3 is 19.5 Å². The van der Waals surface area contributed by atoms with E-state index in [9.17, 15) is 9.59 Å². The molecule has 0 bridgehead atoms. The molecule has 0 aliphatic carbocycles. The number of anilines is 1. The third-order valence-corrected chi connectivity index (χ3v) is 3.81. The second kappa shape index (κ2) is 8.89. The van der Waals surface area contributed by atoms with Gasteiger partial charge >= 0.3 is 5.97 Å². The molecule has 2 aromatic carbocycles. The summed E-state index contributed by atoms with van der Waals surface area (Å²) in [5, 5.41) is 2.70. The van der Waals surface area contributed by atoms with Crippen LogP contribution in [0, 0.1) is 6.92 Å². The fraction of sp³-hybridized carbons (Fsp3) is 0.300. The molecule has 1 N–H and O–H groups in total. The van der Waals surface area contributed by atoms with Gasteiger partial charge in [0, 0.05) is 5.56 Å². The third kappa shape index (κ3) is 4.99. The minimum atomic E-state index is -0.941. The van der Waals surface area contributed by atoms with Crippen LogP contribution in [0.3, 0.4) is 0 Å². The van der Waals surface area contributed by atoms with Crippen LogP contribution in [0.25, 0.3) is 0 Å². The molecule has 6 heteroatoms. The maximum atomic E-state index is 12.3. The summed E-state index contributed by atoms with van der Waals surface area (Å²) < 4.78 is 15.7. The number of methoxy groups -OCH3 is 2. The summed E-state index contributed by atoms with van der Waals surface area (Å²) in [6.07, 6.45) is -0.917. The fourth-order valence-electron chi connectivity index (χ4n) is 2.48. The number of ether oxygens (including phenoxy) is 3. The molecule has 0 saturated carbocycles. The Balaban J connectivity index is 1.98. The van der Waals surface area contributed by atoms with Crippen LogP contribution in [0.15, 0.2) is 42.5 Å². The van der Waals surface area contributed by atoms with Gasteiger partial charge in [0.25, 0.3) is 5.91 Å². The Morgan fingerprint density at radius 1 is 1.04 bits per heavy atom. The van der Waals surface area contributed by atoms with Crippen molar-refractivity contribution in [3.8, 4) is 11.5 Å². The molecule has 2 rings (SSSR count). The van der Waals surface area contributed by atoms with E-state index >= 15 is 0 Å². The third-order valence-electron chi connectivity index (χ3n) is 3.81. The average Bonchev–Trinajstić information content (AvgIpc) is 2.62. The van der Waals surface area contributed by atoms with Crippen LogP contribution in [0.1, 0.15) is 18.1 Å². The zero-order valence-electron chi connectivity index (χ0n) is 15.4. The quantitative estimate of drug-likeness (QED) is 0.771. The highest BCUT2D eigenvalue weighted by atomic mass is 16.5. The van der Waals surface area contributed by atoms with Crippen LogP contribution in [0.4, 0.5) is 5.69 Å². The minimum Gasteiger partial charge on any atom is -0.496 e. The van der Waals surface area contributed by atoms with Crippen LogP contribution >= 0.6 is 0 Å². The first-order valence-corrected chi connectivity index (χ1v) is 8.21. The van der Waals surface area contributed by atoms with Gasteiger partial charge in [-0.1, -0.05) is 29.8 Å². The van der Waals surface area contributed by atoms with Gasteiger partial charge in [-0.2, -0.15) is 0 Å². The van der Waals surface area contributed by atoms with Crippen LogP contribution in [0.2, 0.25) is 0 Å². The molecule has 0 spiro atoms. The minimum absolute atomic E-state index is 0.0249. The van der Waals surface area contributed by atoms with Crippen molar-refractivity contribution >= 4 is 17.6 Å². The molecule has 1 amide bonds. The second-order valence-electron chi connectivity index (χ2n) is 5.81. The van der Waals surface area contributed by atoms with Crippen LogP contribution < -0.4 is 14.8 Å². The van der Waals surface area contributed by atoms with Crippen molar-refractivity contribution in [2.75, 3.05) is 19.5 Å². The van der Waals surface area contributed by atoms with E-state index in [1.807, 2.05) is 19.1 Å². The van der Waals surface area contributed by atoms with Crippen LogP contribution in [-0.2, 0) is 20.7 Å². The van der Waals surface area contributed by atoms with E-state index in [1.165, 1.54) is 14.0 Å². The zero-order chi connectivity index (χ0) is 19.1. The molecule has 26 heavy (non-hydrogen) atoms. The van der Waals surface area contributed by atoms with Gasteiger partial charge in [-0.25, -0.2) is 0 Å². The van der Waals surface area contributed by atoms with E-state index in [1.54, 1.807) is 37.4 Å². The summed E-state index contributed by atoms with van der Waals surface area (Å²) in [5.74, 6) is 0.207. The lowest BCUT2D eigenvalue weighted by Gasteiger charge is -2.16. The smallest absolute Gasteiger partial charge is 0.311 e. The maximum Gasteiger partial charge on any atom is 0.311 e. The van der Waals surface area contributed by atoms with Crippen molar-refractivity contribution in [2.45, 2.75) is 26.4 Å². The molecular weight excluding hydrogens is 334 g/mol. The highest BCUT2D eigenvalue weighted by molar-refractivity contribution is 5.96. The topological polar surface area (TPSA) is 73.9 Å². The number of carbonyl (C=O) groups excluding carboxylic acids is 2. The Kier molecular flexibility index (Phi) is 6.60. The van der Waals surface area contributed by atoms with Crippen molar-refractivity contribution < 1.29 is 23.8 Å². The molecule has 6 nitrogen and oxygen atoms in total. The number of hydrogen-bond acceptors (Lipinski definition) is 5. The fourth-order valence-corrected chi connectivity index (χ4v) is 2.48. The second-order valence-corrected chi connectivity index (χ2v) is 5.81. The molecule has 0 unspecified atom stereocenters. The number of rotatable bonds is 7. The normalized spacial score (nSPS) is 11.4. The van der Waals surface area contributed by atoms with Gasteiger partial charge in [0.15, 0.2) is 6.10 Å². The Hall–Kier alpha value is -3.02. The summed E-state index contributed by atoms with van der Waals surface area (Å²) in [6, 6.07) is 12.6. The highest BCUT2D eigenvalue weighted by Crippen LogP contribution is 2.24. The Bertz CT molecular complexity index is 788. The first-order chi connectivity index (χ1) is 12.4. The molecule has 0 saturated heterocycles. The summed E-state index contributed by atoms with van der Waals surface area (Å²) >= 11 is 0. The molecule has 2 aromatic rings. The number of hydrogen-bond donors (Lipinski definition) is 1. The van der Waals surface area contributed by atoms with Crippen molar-refractivity contribution in [3.63, 3.8) is 0 Å². The Labute approximate surface area is 153 Å². The summed E-state index contributed by atoms with van der Waals surface area (Å²) in [6.45, 7) is 3.45. The zero-order valence-corrected chi connectivity index (χ0v) is 15.4. The van der Waals surface area contributed by atoms with Gasteiger partial charge in [0.1, 0.15) is 11.5 Å². The van der Waals surface area contributed by atoms with Gasteiger partial charge in [0.2, 0.25) is 0 Å². The molecule has 0 radical (unpaired) electrons. The number of benzene rings is 2. The average molecular weight is 357 g/mol. The lowest BCUT2D eigenvalue weighted by atomic mass is 10.1. The molecule has 138 valence electrons. The lowest BCUT2D eigenvalue weighted by molar-refractivity contribution is -0.152. The molecule has 0 aromatic heterocycles. The molecular formula is C20H23NO5. The largest absolute Gasteiger partial charge is 0.496 e. The van der Waals surface area contributed by atoms with Gasteiger partial charge in [-0.05, 0) is 32.0 Å². The summed E-state index contributed by atoms with van der Waals surface area (Å²) in [4.78, 5) is 24.5. The van der Waals surface area contributed by atoms with Crippen molar-refractivity contribution in [1.82, 2.24) is 0 Å². The van der Waals surface area contributed by atoms with E-state index < -0.39 is 18.0 Å². The van der Waals surface area contributed by atoms with Gasteiger partial charge in [-0.15, -0.1) is 0 Å². The molecule has 0 aliphatic heterocycles. The lowest BCUT2D eigenvalue weighted by Crippen LogP contribution is -2.30. The first-order valence-electron chi connectivity index (χ1n) is 8.21. The number of para-hydroxylation sites is 2. The monoisotopic (exact) mass is 357 g/mol. The summed E-state index contributed by atoms with van der Waals surface area (Å²) in [5.41, 5.74) is 2.24. The highest BCUT2D eigenvalue weighted by Gasteiger charge is 2.20. The number of aryl methyl sites for hydroxylation is 1. The van der Waals surface area contributed by atoms with E-state index in [4.69, 9.17) is 14.2 Å². The predicted octanol–water partition coefficient (Wildman–Crippen LogP) is 3.13. The number of carbonyl (C=O) groups is 2. The maximum absolute atomic E-state index is 12.3. The number of nitrogens with one attached hydrogen (secondary N) is 1. The molecule has 0 fully saturated rings. The van der Waals surface area contributed by atoms with E-state index in [-0.39, 0.29) is 6.42 Å². The van der Waals surface area contributed by atoms with E-state index in [2.05, 4.69) is 5.32 Å². The number of amides is 1. The van der Waals surface area contributed by atoms with Crippen molar-refractivity contribution in [1.29, 1.82) is 0 Å². The SMILES string of the molecule is COc1ccc(C)cc1CC(=O)O[C@H](C)C(=O)Nc1ccccc1OC. The van der Waals surface area contributed by atoms with Gasteiger partial charge in [-0.3, -0.25) is 9.59 Å². The van der Waals surface area contributed by atoms with Crippen molar-refractivity contribution in [3.05, 3.63) is 53.6 Å². The van der Waals surface area contributed by atoms with Crippen molar-refractivity contribution in [2.24, 2.45) is 0 Å². The van der Waals surface area contributed by atoms with E-state index in [0.29, 0.717) is 17.2 Å².